The number of likely N-dealkylation sites (N-methyl/N-ethyl adjacent to an activating group) is 1. The molecule has 0 spiro atoms. The Labute approximate surface area is 119 Å². The van der Waals surface area contributed by atoms with E-state index in [-0.39, 0.29) is 0 Å². The van der Waals surface area contributed by atoms with E-state index in [1.807, 2.05) is 18.6 Å². The summed E-state index contributed by atoms with van der Waals surface area (Å²) < 4.78 is 0. The molecule has 0 bridgehead atoms. The lowest BCUT2D eigenvalue weighted by atomic mass is 10.0. The maximum Gasteiger partial charge on any atom is 0.109 e. The molecule has 0 aliphatic heterocycles. The number of hydrogen-bond donors (Lipinski definition) is 2. The molecule has 0 radical (unpaired) electrons. The fourth-order valence-corrected chi connectivity index (χ4v) is 2.70. The van der Waals surface area contributed by atoms with Crippen LogP contribution in [0.5, 0.6) is 0 Å². The summed E-state index contributed by atoms with van der Waals surface area (Å²) in [6, 6.07) is 8.93. The molecular formula is C15H21N3S. The Kier molecular flexibility index (Phi) is 5.51. The number of aromatic nitrogens is 1. The maximum atomic E-state index is 4.35. The van der Waals surface area contributed by atoms with E-state index < -0.39 is 0 Å². The molecule has 0 saturated carbocycles. The Hall–Kier alpha value is -1.23. The predicted octanol–water partition coefficient (Wildman–Crippen LogP) is 2.76. The van der Waals surface area contributed by atoms with Gasteiger partial charge in [-0.25, -0.2) is 4.98 Å². The van der Waals surface area contributed by atoms with Crippen molar-refractivity contribution in [2.75, 3.05) is 13.6 Å². The first-order valence-corrected chi connectivity index (χ1v) is 7.53. The van der Waals surface area contributed by atoms with Gasteiger partial charge in [-0.15, -0.1) is 11.3 Å². The summed E-state index contributed by atoms with van der Waals surface area (Å²) >= 11 is 1.70. The van der Waals surface area contributed by atoms with Gasteiger partial charge in [0.2, 0.25) is 0 Å². The predicted molar refractivity (Wildman–Crippen MR) is 81.4 cm³/mol. The minimum Gasteiger partial charge on any atom is -0.319 e. The molecule has 2 aromatic rings. The number of thiazole rings is 1. The van der Waals surface area contributed by atoms with Crippen LogP contribution in [-0.4, -0.2) is 18.6 Å². The van der Waals surface area contributed by atoms with Gasteiger partial charge in [-0.1, -0.05) is 24.3 Å². The first kappa shape index (κ1) is 14.2. The van der Waals surface area contributed by atoms with Crippen LogP contribution in [0.3, 0.4) is 0 Å². The molecule has 0 fully saturated rings. The minimum atomic E-state index is 0.303. The summed E-state index contributed by atoms with van der Waals surface area (Å²) in [5, 5.41) is 9.92. The molecule has 0 aliphatic carbocycles. The lowest BCUT2D eigenvalue weighted by Gasteiger charge is -2.14. The molecule has 2 rings (SSSR count). The van der Waals surface area contributed by atoms with Crippen LogP contribution in [-0.2, 0) is 13.0 Å². The number of benzene rings is 1. The molecule has 102 valence electrons. The zero-order valence-corrected chi connectivity index (χ0v) is 12.3. The highest BCUT2D eigenvalue weighted by Crippen LogP contribution is 2.16. The molecule has 1 aromatic carbocycles. The van der Waals surface area contributed by atoms with Crippen molar-refractivity contribution in [3.05, 3.63) is 52.0 Å². The van der Waals surface area contributed by atoms with Crippen LogP contribution in [0.15, 0.2) is 35.8 Å². The molecule has 1 atom stereocenters. The second kappa shape index (κ2) is 7.38. The summed E-state index contributed by atoms with van der Waals surface area (Å²) in [4.78, 5) is 4.35. The topological polar surface area (TPSA) is 37.0 Å². The zero-order valence-electron chi connectivity index (χ0n) is 11.5. The van der Waals surface area contributed by atoms with Crippen molar-refractivity contribution in [3.8, 4) is 0 Å². The lowest BCUT2D eigenvalue weighted by molar-refractivity contribution is 0.569. The Morgan fingerprint density at radius 1 is 1.26 bits per heavy atom. The van der Waals surface area contributed by atoms with Gasteiger partial charge in [0.15, 0.2) is 0 Å². The molecule has 4 heteroatoms. The Morgan fingerprint density at radius 2 is 2.05 bits per heavy atom. The largest absolute Gasteiger partial charge is 0.319 e. The third-order valence-electron chi connectivity index (χ3n) is 3.18. The highest BCUT2D eigenvalue weighted by molar-refractivity contribution is 7.09. The van der Waals surface area contributed by atoms with E-state index in [1.54, 1.807) is 11.3 Å². The van der Waals surface area contributed by atoms with Crippen LogP contribution >= 0.6 is 11.3 Å². The molecule has 2 N–H and O–H groups in total. The lowest BCUT2D eigenvalue weighted by Crippen LogP contribution is -2.19. The Balaban J connectivity index is 1.95. The van der Waals surface area contributed by atoms with Gasteiger partial charge in [0.05, 0.1) is 6.04 Å². The summed E-state index contributed by atoms with van der Waals surface area (Å²) in [5.41, 5.74) is 2.79. The third kappa shape index (κ3) is 4.13. The van der Waals surface area contributed by atoms with Crippen LogP contribution in [0.2, 0.25) is 0 Å². The van der Waals surface area contributed by atoms with Crippen LogP contribution in [0.4, 0.5) is 0 Å². The molecule has 1 heterocycles. The fraction of sp³-hybridized carbons (Fsp3) is 0.400. The van der Waals surface area contributed by atoms with E-state index in [9.17, 15) is 0 Å². The fourth-order valence-electron chi connectivity index (χ4n) is 2.03. The van der Waals surface area contributed by atoms with Crippen LogP contribution in [0.1, 0.15) is 29.1 Å². The van der Waals surface area contributed by atoms with E-state index in [0.29, 0.717) is 6.04 Å². The van der Waals surface area contributed by atoms with Crippen LogP contribution < -0.4 is 10.6 Å². The molecular weight excluding hydrogens is 254 g/mol. The Morgan fingerprint density at radius 3 is 2.74 bits per heavy atom. The van der Waals surface area contributed by atoms with Gasteiger partial charge >= 0.3 is 0 Å². The van der Waals surface area contributed by atoms with E-state index in [4.69, 9.17) is 0 Å². The summed E-state index contributed by atoms with van der Waals surface area (Å²) in [5.74, 6) is 0. The van der Waals surface area contributed by atoms with E-state index in [0.717, 1.165) is 24.5 Å². The smallest absolute Gasteiger partial charge is 0.109 e. The van der Waals surface area contributed by atoms with Gasteiger partial charge in [-0.2, -0.15) is 0 Å². The van der Waals surface area contributed by atoms with Crippen molar-refractivity contribution in [2.45, 2.75) is 25.9 Å². The molecule has 0 saturated heterocycles. The van der Waals surface area contributed by atoms with Crippen molar-refractivity contribution < 1.29 is 0 Å². The average molecular weight is 275 g/mol. The van der Waals surface area contributed by atoms with E-state index in [2.05, 4.69) is 46.8 Å². The highest BCUT2D eigenvalue weighted by Gasteiger charge is 2.08. The quantitative estimate of drug-likeness (QED) is 0.816. The van der Waals surface area contributed by atoms with Gasteiger partial charge in [-0.05, 0) is 38.1 Å². The van der Waals surface area contributed by atoms with Gasteiger partial charge in [0.1, 0.15) is 5.01 Å². The Bertz CT molecular complexity index is 482. The molecule has 3 nitrogen and oxygen atoms in total. The SMILES string of the molecule is CNCCc1ccccc1CNC(C)c1nccs1. The van der Waals surface area contributed by atoms with E-state index in [1.165, 1.54) is 11.1 Å². The van der Waals surface area contributed by atoms with Crippen molar-refractivity contribution in [3.63, 3.8) is 0 Å². The summed E-state index contributed by atoms with van der Waals surface area (Å²) in [6.07, 6.45) is 2.93. The number of nitrogens with one attached hydrogen (secondary N) is 2. The van der Waals surface area contributed by atoms with Crippen molar-refractivity contribution in [1.29, 1.82) is 0 Å². The maximum absolute atomic E-state index is 4.35. The van der Waals surface area contributed by atoms with Crippen molar-refractivity contribution in [2.24, 2.45) is 0 Å². The first-order valence-electron chi connectivity index (χ1n) is 6.65. The molecule has 0 amide bonds. The van der Waals surface area contributed by atoms with Crippen LogP contribution in [0, 0.1) is 0 Å². The zero-order chi connectivity index (χ0) is 13.5. The second-order valence-corrected chi connectivity index (χ2v) is 5.52. The monoisotopic (exact) mass is 275 g/mol. The average Bonchev–Trinajstić information content (AvgIpc) is 2.97. The van der Waals surface area contributed by atoms with Gasteiger partial charge in [0.25, 0.3) is 0 Å². The number of nitrogens with zero attached hydrogens (tertiary/aromatic N) is 1. The third-order valence-corrected chi connectivity index (χ3v) is 4.14. The van der Waals surface area contributed by atoms with Gasteiger partial charge < -0.3 is 10.6 Å². The summed E-state index contributed by atoms with van der Waals surface area (Å²) in [6.45, 7) is 4.06. The normalized spacial score (nSPS) is 12.5. The van der Waals surface area contributed by atoms with Gasteiger partial charge in [0, 0.05) is 18.1 Å². The minimum absolute atomic E-state index is 0.303. The number of rotatable bonds is 7. The van der Waals surface area contributed by atoms with Gasteiger partial charge in [-0.3, -0.25) is 0 Å². The summed E-state index contributed by atoms with van der Waals surface area (Å²) in [7, 11) is 1.99. The molecule has 1 unspecified atom stereocenters. The first-order chi connectivity index (χ1) is 9.31. The van der Waals surface area contributed by atoms with Crippen LogP contribution in [0.25, 0.3) is 0 Å². The van der Waals surface area contributed by atoms with E-state index >= 15 is 0 Å². The highest BCUT2D eigenvalue weighted by atomic mass is 32.1. The molecule has 1 aromatic heterocycles. The second-order valence-electron chi connectivity index (χ2n) is 4.60. The standard InChI is InChI=1S/C15H21N3S/c1-12(15-17-9-10-19-15)18-11-14-6-4-3-5-13(14)7-8-16-2/h3-6,9-10,12,16,18H,7-8,11H2,1-2H3. The van der Waals surface area contributed by atoms with Crippen molar-refractivity contribution >= 4 is 11.3 Å². The molecule has 19 heavy (non-hydrogen) atoms. The number of hydrogen-bond acceptors (Lipinski definition) is 4. The van der Waals surface area contributed by atoms with Crippen molar-refractivity contribution in [1.82, 2.24) is 15.6 Å². The molecule has 0 aliphatic rings.